The van der Waals surface area contributed by atoms with Crippen molar-refractivity contribution in [1.29, 1.82) is 0 Å². The van der Waals surface area contributed by atoms with Gasteiger partial charge in [-0.1, -0.05) is 6.07 Å². The van der Waals surface area contributed by atoms with Crippen LogP contribution in [-0.2, 0) is 16.1 Å². The van der Waals surface area contributed by atoms with Crippen molar-refractivity contribution < 1.29 is 9.53 Å². The van der Waals surface area contributed by atoms with E-state index in [0.29, 0.717) is 12.5 Å². The van der Waals surface area contributed by atoms with E-state index in [1.54, 1.807) is 14.0 Å². The maximum absolute atomic E-state index is 11.6. The topological polar surface area (TPSA) is 45.7 Å². The first-order valence-electron chi connectivity index (χ1n) is 7.05. The minimum Gasteiger partial charge on any atom is -0.384 e. The minimum absolute atomic E-state index is 0.144. The Labute approximate surface area is 120 Å². The van der Waals surface area contributed by atoms with Crippen LogP contribution in [0.15, 0.2) is 24.4 Å². The summed E-state index contributed by atoms with van der Waals surface area (Å²) in [4.78, 5) is 20.3. The second kappa shape index (κ2) is 7.36. The number of methoxy groups -OCH3 is 1. The number of aromatic nitrogens is 1. The Kier molecular flexibility index (Phi) is 5.49. The molecule has 20 heavy (non-hydrogen) atoms. The molecule has 1 aliphatic heterocycles. The van der Waals surface area contributed by atoms with Crippen LogP contribution in [-0.4, -0.2) is 60.6 Å². The molecule has 0 spiro atoms. The minimum atomic E-state index is 0.144. The van der Waals surface area contributed by atoms with Crippen LogP contribution in [0.5, 0.6) is 0 Å². The van der Waals surface area contributed by atoms with Crippen molar-refractivity contribution in [1.82, 2.24) is 14.8 Å². The summed E-state index contributed by atoms with van der Waals surface area (Å²) in [5, 5.41) is 0. The summed E-state index contributed by atoms with van der Waals surface area (Å²) in [6, 6.07) is 5.98. The van der Waals surface area contributed by atoms with E-state index in [9.17, 15) is 4.79 Å². The second-order valence-electron chi connectivity index (χ2n) is 5.34. The van der Waals surface area contributed by atoms with Crippen LogP contribution in [0.3, 0.4) is 0 Å². The lowest BCUT2D eigenvalue weighted by Crippen LogP contribution is -2.35. The van der Waals surface area contributed by atoms with E-state index < -0.39 is 0 Å². The summed E-state index contributed by atoms with van der Waals surface area (Å²) >= 11 is 0. The third-order valence-corrected chi connectivity index (χ3v) is 3.64. The van der Waals surface area contributed by atoms with Crippen molar-refractivity contribution >= 4 is 5.91 Å². The normalized spacial score (nSPS) is 20.7. The fraction of sp³-hybridized carbons (Fsp3) is 0.600. The van der Waals surface area contributed by atoms with Gasteiger partial charge in [0.25, 0.3) is 0 Å². The van der Waals surface area contributed by atoms with Gasteiger partial charge in [0.05, 0.1) is 12.3 Å². The molecule has 0 aromatic carbocycles. The summed E-state index contributed by atoms with van der Waals surface area (Å²) in [7, 11) is 1.71. The highest BCUT2D eigenvalue weighted by Crippen LogP contribution is 2.13. The molecule has 0 saturated carbocycles. The molecule has 5 nitrogen and oxygen atoms in total. The van der Waals surface area contributed by atoms with Crippen LogP contribution >= 0.6 is 0 Å². The number of carbonyl (C=O) groups excluding carboxylic acids is 1. The highest BCUT2D eigenvalue weighted by Gasteiger charge is 2.24. The van der Waals surface area contributed by atoms with Crippen molar-refractivity contribution in [2.24, 2.45) is 5.92 Å². The van der Waals surface area contributed by atoms with Gasteiger partial charge in [-0.05, 0) is 12.1 Å². The highest BCUT2D eigenvalue weighted by atomic mass is 16.5. The SMILES string of the molecule is COC[C@@H]1CN(Cc2ccccn2)CCN(C(C)=O)C1. The third kappa shape index (κ3) is 4.28. The molecular formula is C15H23N3O2. The van der Waals surface area contributed by atoms with Gasteiger partial charge in [-0.25, -0.2) is 0 Å². The molecule has 2 rings (SSSR count). The van der Waals surface area contributed by atoms with Crippen LogP contribution < -0.4 is 0 Å². The van der Waals surface area contributed by atoms with Gasteiger partial charge in [-0.15, -0.1) is 0 Å². The fourth-order valence-electron chi connectivity index (χ4n) is 2.67. The van der Waals surface area contributed by atoms with Crippen molar-refractivity contribution in [2.75, 3.05) is 39.9 Å². The van der Waals surface area contributed by atoms with Crippen LogP contribution in [0.4, 0.5) is 0 Å². The standard InChI is InChI=1S/C15H23N3O2/c1-13(19)18-8-7-17(9-14(10-18)12-20-2)11-15-5-3-4-6-16-15/h3-6,14H,7-12H2,1-2H3/t14-/m1/s1. The summed E-state index contributed by atoms with van der Waals surface area (Å²) in [6.07, 6.45) is 1.82. The number of pyridine rings is 1. The van der Waals surface area contributed by atoms with E-state index in [-0.39, 0.29) is 5.91 Å². The summed E-state index contributed by atoms with van der Waals surface area (Å²) in [6.45, 7) is 6.53. The molecule has 110 valence electrons. The monoisotopic (exact) mass is 277 g/mol. The summed E-state index contributed by atoms with van der Waals surface area (Å²) in [5.74, 6) is 0.501. The Morgan fingerprint density at radius 3 is 2.90 bits per heavy atom. The number of carbonyl (C=O) groups is 1. The predicted molar refractivity (Wildman–Crippen MR) is 77.1 cm³/mol. The number of hydrogen-bond donors (Lipinski definition) is 0. The smallest absolute Gasteiger partial charge is 0.219 e. The largest absolute Gasteiger partial charge is 0.384 e. The first kappa shape index (κ1) is 14.9. The van der Waals surface area contributed by atoms with Crippen LogP contribution in [0.1, 0.15) is 12.6 Å². The Morgan fingerprint density at radius 1 is 1.40 bits per heavy atom. The van der Waals surface area contributed by atoms with E-state index in [4.69, 9.17) is 4.74 Å². The van der Waals surface area contributed by atoms with Gasteiger partial charge in [0.1, 0.15) is 0 Å². The summed E-state index contributed by atoms with van der Waals surface area (Å²) in [5.41, 5.74) is 1.07. The molecule has 0 bridgehead atoms. The molecule has 1 aromatic rings. The third-order valence-electron chi connectivity index (χ3n) is 3.64. The number of hydrogen-bond acceptors (Lipinski definition) is 4. The lowest BCUT2D eigenvalue weighted by atomic mass is 10.1. The first-order valence-corrected chi connectivity index (χ1v) is 7.05. The van der Waals surface area contributed by atoms with Crippen LogP contribution in [0, 0.1) is 5.92 Å². The van der Waals surface area contributed by atoms with Gasteiger partial charge in [0.15, 0.2) is 0 Å². The average molecular weight is 277 g/mol. The number of rotatable bonds is 4. The molecule has 1 fully saturated rings. The van der Waals surface area contributed by atoms with E-state index in [0.717, 1.165) is 38.4 Å². The quantitative estimate of drug-likeness (QED) is 0.824. The molecule has 0 N–H and O–H groups in total. The Bertz CT molecular complexity index is 424. The van der Waals surface area contributed by atoms with Crippen molar-refractivity contribution in [2.45, 2.75) is 13.5 Å². The van der Waals surface area contributed by atoms with Gasteiger partial charge in [0.2, 0.25) is 5.91 Å². The molecule has 1 aliphatic rings. The van der Waals surface area contributed by atoms with E-state index in [2.05, 4.69) is 9.88 Å². The van der Waals surface area contributed by atoms with Gasteiger partial charge in [-0.3, -0.25) is 14.7 Å². The van der Waals surface area contributed by atoms with E-state index >= 15 is 0 Å². The lowest BCUT2D eigenvalue weighted by molar-refractivity contribution is -0.129. The van der Waals surface area contributed by atoms with Crippen molar-refractivity contribution in [3.05, 3.63) is 30.1 Å². The van der Waals surface area contributed by atoms with Crippen LogP contribution in [0.2, 0.25) is 0 Å². The Hall–Kier alpha value is -1.46. The van der Waals surface area contributed by atoms with Crippen LogP contribution in [0.25, 0.3) is 0 Å². The highest BCUT2D eigenvalue weighted by molar-refractivity contribution is 5.73. The van der Waals surface area contributed by atoms with Crippen molar-refractivity contribution in [3.63, 3.8) is 0 Å². The zero-order chi connectivity index (χ0) is 14.4. The average Bonchev–Trinajstić information content (AvgIpc) is 2.63. The molecule has 1 aromatic heterocycles. The molecule has 0 unspecified atom stereocenters. The zero-order valence-electron chi connectivity index (χ0n) is 12.3. The molecule has 0 radical (unpaired) electrons. The van der Waals surface area contributed by atoms with E-state index in [1.165, 1.54) is 0 Å². The Balaban J connectivity index is 2.00. The maximum atomic E-state index is 11.6. The molecular weight excluding hydrogens is 254 g/mol. The first-order chi connectivity index (χ1) is 9.69. The van der Waals surface area contributed by atoms with Crippen molar-refractivity contribution in [3.8, 4) is 0 Å². The van der Waals surface area contributed by atoms with Gasteiger partial charge >= 0.3 is 0 Å². The zero-order valence-corrected chi connectivity index (χ0v) is 12.3. The van der Waals surface area contributed by atoms with Gasteiger partial charge < -0.3 is 9.64 Å². The van der Waals surface area contributed by atoms with Gasteiger partial charge in [0, 0.05) is 58.9 Å². The Morgan fingerprint density at radius 2 is 2.25 bits per heavy atom. The lowest BCUT2D eigenvalue weighted by Gasteiger charge is -2.23. The molecule has 1 saturated heterocycles. The van der Waals surface area contributed by atoms with E-state index in [1.807, 2.05) is 29.3 Å². The molecule has 2 heterocycles. The second-order valence-corrected chi connectivity index (χ2v) is 5.34. The molecule has 0 aliphatic carbocycles. The number of nitrogens with zero attached hydrogens (tertiary/aromatic N) is 3. The number of amides is 1. The molecule has 5 heteroatoms. The number of ether oxygens (including phenoxy) is 1. The van der Waals surface area contributed by atoms with Gasteiger partial charge in [-0.2, -0.15) is 0 Å². The fourth-order valence-corrected chi connectivity index (χ4v) is 2.67. The molecule has 1 atom stereocenters. The predicted octanol–water partition coefficient (Wildman–Crippen LogP) is 1.01. The molecule has 1 amide bonds. The maximum Gasteiger partial charge on any atom is 0.219 e. The summed E-state index contributed by atoms with van der Waals surface area (Å²) < 4.78 is 5.28.